The van der Waals surface area contributed by atoms with E-state index in [0.29, 0.717) is 11.3 Å². The lowest BCUT2D eigenvalue weighted by molar-refractivity contribution is -0.146. The predicted octanol–water partition coefficient (Wildman–Crippen LogP) is 1.95. The molecule has 1 amide bonds. The van der Waals surface area contributed by atoms with Crippen LogP contribution >= 0.6 is 0 Å². The van der Waals surface area contributed by atoms with Gasteiger partial charge in [-0.1, -0.05) is 0 Å². The van der Waals surface area contributed by atoms with Crippen molar-refractivity contribution in [1.82, 2.24) is 9.29 Å². The van der Waals surface area contributed by atoms with Gasteiger partial charge in [0.25, 0.3) is 5.91 Å². The molecule has 1 aromatic heterocycles. The van der Waals surface area contributed by atoms with Crippen molar-refractivity contribution < 1.29 is 27.1 Å². The Labute approximate surface area is 162 Å². The predicted molar refractivity (Wildman–Crippen MR) is 101 cm³/mol. The van der Waals surface area contributed by atoms with E-state index in [0.717, 1.165) is 7.11 Å². The van der Waals surface area contributed by atoms with Gasteiger partial charge in [-0.25, -0.2) is 12.8 Å². The van der Waals surface area contributed by atoms with Gasteiger partial charge in [-0.2, -0.15) is 4.72 Å². The molecule has 2 rings (SSSR count). The van der Waals surface area contributed by atoms with Crippen LogP contribution in [0.4, 0.5) is 10.1 Å². The number of hydrogen-bond acceptors (Lipinski definition) is 5. The van der Waals surface area contributed by atoms with E-state index in [1.54, 1.807) is 6.92 Å². The summed E-state index contributed by atoms with van der Waals surface area (Å²) in [7, 11) is -1.43. The number of ether oxygens (including phenoxy) is 1. The van der Waals surface area contributed by atoms with Crippen molar-refractivity contribution in [3.8, 4) is 0 Å². The zero-order valence-corrected chi connectivity index (χ0v) is 17.0. The Balaban J connectivity index is 2.27. The third-order valence-electron chi connectivity index (χ3n) is 4.02. The Morgan fingerprint density at radius 3 is 2.43 bits per heavy atom. The van der Waals surface area contributed by atoms with Gasteiger partial charge < -0.3 is 14.6 Å². The van der Waals surface area contributed by atoms with Crippen LogP contribution in [-0.2, 0) is 26.6 Å². The molecule has 0 aliphatic rings. The number of carbonyl (C=O) groups is 2. The van der Waals surface area contributed by atoms with Crippen LogP contribution in [0.3, 0.4) is 0 Å². The van der Waals surface area contributed by atoms with Crippen LogP contribution in [-0.4, -0.2) is 37.5 Å². The number of nitrogens with zero attached hydrogens (tertiary/aromatic N) is 1. The molecular formula is C18H22FN3O5S. The topological polar surface area (TPSA) is 106 Å². The molecule has 8 nitrogen and oxygen atoms in total. The zero-order chi connectivity index (χ0) is 21.3. The summed E-state index contributed by atoms with van der Waals surface area (Å²) >= 11 is 0. The van der Waals surface area contributed by atoms with Crippen molar-refractivity contribution in [3.63, 3.8) is 0 Å². The Bertz CT molecular complexity index is 1030. The molecule has 0 bridgehead atoms. The monoisotopic (exact) mass is 411 g/mol. The number of aryl methyl sites for hydroxylation is 2. The van der Waals surface area contributed by atoms with E-state index in [2.05, 4.69) is 14.8 Å². The molecule has 0 saturated carbocycles. The summed E-state index contributed by atoms with van der Waals surface area (Å²) in [6, 6.07) is 5.28. The molecule has 0 spiro atoms. The van der Waals surface area contributed by atoms with Crippen molar-refractivity contribution in [2.45, 2.75) is 31.2 Å². The molecule has 0 unspecified atom stereocenters. The van der Waals surface area contributed by atoms with Gasteiger partial charge in [0.1, 0.15) is 21.9 Å². The molecule has 1 aromatic carbocycles. The molecule has 152 valence electrons. The second-order valence-corrected chi connectivity index (χ2v) is 8.49. The molecular weight excluding hydrogens is 389 g/mol. The average molecular weight is 411 g/mol. The third-order valence-corrected chi connectivity index (χ3v) is 5.65. The standard InChI is InChI=1S/C18H22FN3O5S/c1-11-8-12(6-7-14(11)19)20-16(23)15-9-13(10-22(15)4)28(25,26)21-18(2,3)17(24)27-5/h6-10,21H,1-5H3,(H,20,23). The maximum atomic E-state index is 13.4. The average Bonchev–Trinajstić information content (AvgIpc) is 2.99. The fourth-order valence-corrected chi connectivity index (χ4v) is 3.95. The number of carbonyl (C=O) groups excluding carboxylic acids is 2. The molecule has 10 heteroatoms. The van der Waals surface area contributed by atoms with Gasteiger partial charge in [-0.3, -0.25) is 9.59 Å². The van der Waals surface area contributed by atoms with Crippen molar-refractivity contribution in [2.75, 3.05) is 12.4 Å². The van der Waals surface area contributed by atoms with Crippen molar-refractivity contribution in [1.29, 1.82) is 0 Å². The first-order valence-electron chi connectivity index (χ1n) is 8.23. The molecule has 0 saturated heterocycles. The number of amides is 1. The lowest BCUT2D eigenvalue weighted by Crippen LogP contribution is -2.50. The van der Waals surface area contributed by atoms with Gasteiger partial charge in [-0.15, -0.1) is 0 Å². The minimum absolute atomic E-state index is 0.0678. The van der Waals surface area contributed by atoms with Crippen molar-refractivity contribution in [3.05, 3.63) is 47.5 Å². The van der Waals surface area contributed by atoms with Gasteiger partial charge >= 0.3 is 5.97 Å². The highest BCUT2D eigenvalue weighted by Crippen LogP contribution is 2.19. The summed E-state index contributed by atoms with van der Waals surface area (Å²) in [6.07, 6.45) is 1.25. The first kappa shape index (κ1) is 21.6. The fraction of sp³-hybridized carbons (Fsp3) is 0.333. The molecule has 2 aromatic rings. The molecule has 0 fully saturated rings. The SMILES string of the molecule is COC(=O)C(C)(C)NS(=O)(=O)c1cc(C(=O)Nc2ccc(F)c(C)c2)n(C)c1. The third kappa shape index (κ3) is 4.57. The van der Waals surface area contributed by atoms with E-state index >= 15 is 0 Å². The van der Waals surface area contributed by atoms with E-state index in [1.807, 2.05) is 0 Å². The normalized spacial score (nSPS) is 11.9. The van der Waals surface area contributed by atoms with E-state index in [9.17, 15) is 22.4 Å². The van der Waals surface area contributed by atoms with E-state index in [1.165, 1.54) is 55.9 Å². The quantitative estimate of drug-likeness (QED) is 0.707. The van der Waals surface area contributed by atoms with Gasteiger partial charge in [0.05, 0.1) is 7.11 Å². The summed E-state index contributed by atoms with van der Waals surface area (Å²) in [5.41, 5.74) is -0.683. The van der Waals surface area contributed by atoms with Crippen LogP contribution in [0.5, 0.6) is 0 Å². The Hall–Kier alpha value is -2.72. The first-order valence-corrected chi connectivity index (χ1v) is 9.72. The number of esters is 1. The van der Waals surface area contributed by atoms with Gasteiger partial charge in [-0.05, 0) is 50.6 Å². The molecule has 0 aliphatic carbocycles. The summed E-state index contributed by atoms with van der Waals surface area (Å²) in [5.74, 6) is -1.72. The summed E-state index contributed by atoms with van der Waals surface area (Å²) in [6.45, 7) is 4.29. The number of nitrogens with one attached hydrogen (secondary N) is 2. The number of rotatable bonds is 6. The van der Waals surface area contributed by atoms with E-state index < -0.39 is 33.3 Å². The van der Waals surface area contributed by atoms with E-state index in [4.69, 9.17) is 0 Å². The lowest BCUT2D eigenvalue weighted by atomic mass is 10.1. The zero-order valence-electron chi connectivity index (χ0n) is 16.2. The second-order valence-electron chi connectivity index (χ2n) is 6.81. The molecule has 2 N–H and O–H groups in total. The van der Waals surface area contributed by atoms with Crippen molar-refractivity contribution >= 4 is 27.6 Å². The maximum Gasteiger partial charge on any atom is 0.326 e. The fourth-order valence-electron chi connectivity index (χ4n) is 2.52. The summed E-state index contributed by atoms with van der Waals surface area (Å²) in [4.78, 5) is 24.0. The van der Waals surface area contributed by atoms with Crippen LogP contribution in [0.15, 0.2) is 35.4 Å². The molecule has 28 heavy (non-hydrogen) atoms. The number of methoxy groups -OCH3 is 1. The Morgan fingerprint density at radius 2 is 1.86 bits per heavy atom. The number of benzene rings is 1. The van der Waals surface area contributed by atoms with E-state index in [-0.39, 0.29) is 10.6 Å². The number of aromatic nitrogens is 1. The Kier molecular flexibility index (Phi) is 5.95. The smallest absolute Gasteiger partial charge is 0.326 e. The second kappa shape index (κ2) is 7.72. The minimum atomic E-state index is -4.09. The molecule has 0 radical (unpaired) electrons. The summed E-state index contributed by atoms with van der Waals surface area (Å²) < 4.78 is 46.7. The van der Waals surface area contributed by atoms with Crippen molar-refractivity contribution in [2.24, 2.45) is 7.05 Å². The lowest BCUT2D eigenvalue weighted by Gasteiger charge is -2.22. The van der Waals surface area contributed by atoms with Crippen LogP contribution in [0.1, 0.15) is 29.9 Å². The number of anilines is 1. The van der Waals surface area contributed by atoms with Crippen LogP contribution in [0.25, 0.3) is 0 Å². The van der Waals surface area contributed by atoms with Gasteiger partial charge in [0.15, 0.2) is 0 Å². The highest BCUT2D eigenvalue weighted by Gasteiger charge is 2.35. The molecule has 0 atom stereocenters. The van der Waals surface area contributed by atoms with Gasteiger partial charge in [0.2, 0.25) is 10.0 Å². The highest BCUT2D eigenvalue weighted by molar-refractivity contribution is 7.89. The van der Waals surface area contributed by atoms with Crippen LogP contribution in [0, 0.1) is 12.7 Å². The molecule has 0 aliphatic heterocycles. The minimum Gasteiger partial charge on any atom is -0.468 e. The Morgan fingerprint density at radius 1 is 1.21 bits per heavy atom. The number of halogens is 1. The summed E-state index contributed by atoms with van der Waals surface area (Å²) in [5, 5.41) is 2.59. The maximum absolute atomic E-state index is 13.4. The largest absolute Gasteiger partial charge is 0.468 e. The van der Waals surface area contributed by atoms with Gasteiger partial charge in [0, 0.05) is 18.9 Å². The van der Waals surface area contributed by atoms with Crippen LogP contribution in [0.2, 0.25) is 0 Å². The van der Waals surface area contributed by atoms with Crippen LogP contribution < -0.4 is 10.0 Å². The highest BCUT2D eigenvalue weighted by atomic mass is 32.2. The first-order chi connectivity index (χ1) is 12.9. The molecule has 1 heterocycles. The number of sulfonamides is 1. The number of hydrogen-bond donors (Lipinski definition) is 2.